The van der Waals surface area contributed by atoms with Crippen LogP contribution in [0.4, 0.5) is 13.2 Å². The van der Waals surface area contributed by atoms with Gasteiger partial charge in [-0.15, -0.1) is 0 Å². The number of hydrogen-bond donors (Lipinski definition) is 3. The number of rotatable bonds is 6. The van der Waals surface area contributed by atoms with Gasteiger partial charge in [-0.2, -0.15) is 13.2 Å². The predicted molar refractivity (Wildman–Crippen MR) is 111 cm³/mol. The highest BCUT2D eigenvalue weighted by Crippen LogP contribution is 2.45. The summed E-state index contributed by atoms with van der Waals surface area (Å²) in [5.74, 6) is -2.22. The number of carbonyl (C=O) groups excluding carboxylic acids is 1. The molecule has 6 nitrogen and oxygen atoms in total. The van der Waals surface area contributed by atoms with E-state index in [2.05, 4.69) is 5.32 Å². The van der Waals surface area contributed by atoms with Crippen LogP contribution in [0.2, 0.25) is 0 Å². The van der Waals surface area contributed by atoms with E-state index >= 15 is 0 Å². The van der Waals surface area contributed by atoms with Crippen LogP contribution in [0.5, 0.6) is 11.5 Å². The zero-order valence-electron chi connectivity index (χ0n) is 16.7. The average Bonchev–Trinajstić information content (AvgIpc) is 2.73. The van der Waals surface area contributed by atoms with Gasteiger partial charge in [-0.25, -0.2) is 0 Å². The lowest BCUT2D eigenvalue weighted by atomic mass is 9.77. The number of ketones is 1. The predicted octanol–water partition coefficient (Wildman–Crippen LogP) is 3.36. The molecule has 166 valence electrons. The lowest BCUT2D eigenvalue weighted by molar-refractivity contribution is -0.285. The van der Waals surface area contributed by atoms with Crippen molar-refractivity contribution < 1.29 is 32.5 Å². The van der Waals surface area contributed by atoms with E-state index in [4.69, 9.17) is 21.7 Å². The van der Waals surface area contributed by atoms with Crippen LogP contribution in [0.25, 0.3) is 0 Å². The molecule has 1 aliphatic heterocycles. The Morgan fingerprint density at radius 2 is 1.87 bits per heavy atom. The molecule has 0 radical (unpaired) electrons. The monoisotopic (exact) mass is 454 g/mol. The maximum atomic E-state index is 14.0. The second-order valence-electron chi connectivity index (χ2n) is 6.89. The third-order valence-corrected chi connectivity index (χ3v) is 5.21. The first kappa shape index (κ1) is 22.8. The summed E-state index contributed by atoms with van der Waals surface area (Å²) in [6.07, 6.45) is -5.19. The standard InChI is InChI=1S/C21H21F3N2O4S/c1-3-30-14-10-9-13(11-15(14)29-2)17-16(18(27)12-7-5-4-6-8-12)20(28,21(22,23)24)26-19(31)25-17/h4-11,16-17,28H,3H2,1-2H3,(H2,25,26,31)/t16-,17-,20+/m0/s1. The van der Waals surface area contributed by atoms with Crippen LogP contribution in [0.15, 0.2) is 48.5 Å². The van der Waals surface area contributed by atoms with Gasteiger partial charge in [0.2, 0.25) is 5.72 Å². The largest absolute Gasteiger partial charge is 0.493 e. The first-order valence-corrected chi connectivity index (χ1v) is 9.81. The highest BCUT2D eigenvalue weighted by Gasteiger charge is 2.65. The van der Waals surface area contributed by atoms with Gasteiger partial charge < -0.3 is 25.2 Å². The molecule has 0 unspecified atom stereocenters. The number of ether oxygens (including phenoxy) is 2. The summed E-state index contributed by atoms with van der Waals surface area (Å²) in [7, 11) is 1.39. The Bertz CT molecular complexity index is 971. The quantitative estimate of drug-likeness (QED) is 0.456. The molecule has 0 saturated carbocycles. The van der Waals surface area contributed by atoms with Crippen molar-refractivity contribution in [2.75, 3.05) is 13.7 Å². The first-order chi connectivity index (χ1) is 14.6. The van der Waals surface area contributed by atoms with E-state index in [9.17, 15) is 23.1 Å². The number of methoxy groups -OCH3 is 1. The molecule has 2 aromatic carbocycles. The minimum Gasteiger partial charge on any atom is -0.493 e. The van der Waals surface area contributed by atoms with Crippen molar-refractivity contribution in [3.05, 3.63) is 59.7 Å². The number of nitrogens with one attached hydrogen (secondary N) is 2. The molecule has 3 N–H and O–H groups in total. The fourth-order valence-corrected chi connectivity index (χ4v) is 3.83. The number of halogens is 3. The molecule has 0 spiro atoms. The SMILES string of the molecule is CCOc1ccc([C@@H]2NC(=S)N[C@](O)(C(F)(F)F)[C@@H]2C(=O)c2ccccc2)cc1OC. The Kier molecular flexibility index (Phi) is 6.42. The van der Waals surface area contributed by atoms with Crippen LogP contribution in [0.1, 0.15) is 28.9 Å². The molecule has 2 aromatic rings. The molecule has 3 rings (SSSR count). The van der Waals surface area contributed by atoms with E-state index in [1.54, 1.807) is 13.0 Å². The van der Waals surface area contributed by atoms with E-state index < -0.39 is 34.8 Å². The van der Waals surface area contributed by atoms with Crippen LogP contribution >= 0.6 is 12.2 Å². The summed E-state index contributed by atoms with van der Waals surface area (Å²) in [5, 5.41) is 14.9. The highest BCUT2D eigenvalue weighted by atomic mass is 32.1. The maximum absolute atomic E-state index is 14.0. The second-order valence-corrected chi connectivity index (χ2v) is 7.30. The second kappa shape index (κ2) is 8.72. The summed E-state index contributed by atoms with van der Waals surface area (Å²) < 4.78 is 52.8. The van der Waals surface area contributed by atoms with Gasteiger partial charge >= 0.3 is 6.18 Å². The van der Waals surface area contributed by atoms with Gasteiger partial charge in [-0.3, -0.25) is 4.79 Å². The minimum atomic E-state index is -5.19. The molecule has 0 bridgehead atoms. The molecule has 3 atom stereocenters. The molecule has 0 aliphatic carbocycles. The third-order valence-electron chi connectivity index (χ3n) is 4.99. The summed E-state index contributed by atoms with van der Waals surface area (Å²) in [6.45, 7) is 2.13. The Hall–Kier alpha value is -2.85. The third kappa shape index (κ3) is 4.31. The maximum Gasteiger partial charge on any atom is 0.437 e. The molecular formula is C21H21F3N2O4S. The molecule has 1 fully saturated rings. The van der Waals surface area contributed by atoms with E-state index in [1.165, 1.54) is 49.6 Å². The summed E-state index contributed by atoms with van der Waals surface area (Å²) in [5.41, 5.74) is -3.30. The Labute approximate surface area is 182 Å². The fraction of sp³-hybridized carbons (Fsp3) is 0.333. The van der Waals surface area contributed by atoms with E-state index in [-0.39, 0.29) is 16.9 Å². The Morgan fingerprint density at radius 1 is 1.19 bits per heavy atom. The van der Waals surface area contributed by atoms with Crippen molar-refractivity contribution in [1.82, 2.24) is 10.6 Å². The number of Topliss-reactive ketones (excluding diaryl/α,β-unsaturated/α-hetero) is 1. The zero-order valence-corrected chi connectivity index (χ0v) is 17.5. The van der Waals surface area contributed by atoms with Gasteiger partial charge in [-0.05, 0) is 36.8 Å². The van der Waals surface area contributed by atoms with Gasteiger partial charge in [-0.1, -0.05) is 36.4 Å². The van der Waals surface area contributed by atoms with E-state index in [0.29, 0.717) is 12.4 Å². The van der Waals surface area contributed by atoms with Crippen molar-refractivity contribution in [3.8, 4) is 11.5 Å². The van der Waals surface area contributed by atoms with Crippen LogP contribution < -0.4 is 20.1 Å². The zero-order chi connectivity index (χ0) is 22.8. The normalized spacial score (nSPS) is 23.5. The molecular weight excluding hydrogens is 433 g/mol. The molecule has 1 saturated heterocycles. The lowest BCUT2D eigenvalue weighted by Crippen LogP contribution is -2.72. The van der Waals surface area contributed by atoms with Crippen molar-refractivity contribution in [2.45, 2.75) is 24.9 Å². The number of benzene rings is 2. The number of aliphatic hydroxyl groups is 1. The van der Waals surface area contributed by atoms with Crippen molar-refractivity contribution in [3.63, 3.8) is 0 Å². The molecule has 0 amide bonds. The topological polar surface area (TPSA) is 79.8 Å². The van der Waals surface area contributed by atoms with Crippen LogP contribution in [-0.2, 0) is 0 Å². The minimum absolute atomic E-state index is 0.0227. The van der Waals surface area contributed by atoms with Gasteiger partial charge in [0.1, 0.15) is 5.92 Å². The van der Waals surface area contributed by atoms with Crippen LogP contribution in [0.3, 0.4) is 0 Å². The fourth-order valence-electron chi connectivity index (χ4n) is 3.55. The molecule has 1 aliphatic rings. The average molecular weight is 454 g/mol. The lowest BCUT2D eigenvalue weighted by Gasteiger charge is -2.46. The van der Waals surface area contributed by atoms with Crippen LogP contribution in [-0.4, -0.2) is 41.6 Å². The number of carbonyl (C=O) groups is 1. The first-order valence-electron chi connectivity index (χ1n) is 9.40. The van der Waals surface area contributed by atoms with Gasteiger partial charge in [0.25, 0.3) is 0 Å². The summed E-state index contributed by atoms with van der Waals surface area (Å²) in [4.78, 5) is 13.2. The summed E-state index contributed by atoms with van der Waals surface area (Å²) in [6, 6.07) is 10.7. The summed E-state index contributed by atoms with van der Waals surface area (Å²) >= 11 is 4.94. The molecule has 10 heteroatoms. The van der Waals surface area contributed by atoms with Crippen molar-refractivity contribution >= 4 is 23.1 Å². The molecule has 1 heterocycles. The molecule has 0 aromatic heterocycles. The van der Waals surface area contributed by atoms with Gasteiger partial charge in [0, 0.05) is 5.56 Å². The number of hydrogen-bond acceptors (Lipinski definition) is 5. The van der Waals surface area contributed by atoms with E-state index in [0.717, 1.165) is 0 Å². The molecule has 31 heavy (non-hydrogen) atoms. The Balaban J connectivity index is 2.16. The van der Waals surface area contributed by atoms with Gasteiger partial charge in [0.05, 0.1) is 19.8 Å². The van der Waals surface area contributed by atoms with Gasteiger partial charge in [0.15, 0.2) is 22.4 Å². The van der Waals surface area contributed by atoms with Crippen molar-refractivity contribution in [1.29, 1.82) is 0 Å². The van der Waals surface area contributed by atoms with E-state index in [1.807, 2.05) is 5.32 Å². The highest BCUT2D eigenvalue weighted by molar-refractivity contribution is 7.80. The van der Waals surface area contributed by atoms with Crippen molar-refractivity contribution in [2.24, 2.45) is 5.92 Å². The number of alkyl halides is 3. The Morgan fingerprint density at radius 3 is 2.45 bits per heavy atom. The van der Waals surface area contributed by atoms with Crippen LogP contribution in [0, 0.1) is 5.92 Å². The number of thiocarbonyl (C=S) groups is 1. The smallest absolute Gasteiger partial charge is 0.437 e.